The van der Waals surface area contributed by atoms with E-state index in [-0.39, 0.29) is 0 Å². The van der Waals surface area contributed by atoms with Gasteiger partial charge in [0.15, 0.2) is 0 Å². The first-order valence-electron chi connectivity index (χ1n) is 5.02. The van der Waals surface area contributed by atoms with Gasteiger partial charge in [-0.1, -0.05) is 12.1 Å². The third kappa shape index (κ3) is 4.01. The Morgan fingerprint density at radius 2 is 2.33 bits per heavy atom. The van der Waals surface area contributed by atoms with Gasteiger partial charge in [0.1, 0.15) is 5.75 Å². The molecule has 1 aromatic rings. The summed E-state index contributed by atoms with van der Waals surface area (Å²) in [5, 5.41) is 17.7. The summed E-state index contributed by atoms with van der Waals surface area (Å²) in [5.41, 5.74) is 0.841. The predicted octanol–water partition coefficient (Wildman–Crippen LogP) is 2.42. The first kappa shape index (κ1) is 11.5. The van der Waals surface area contributed by atoms with Crippen LogP contribution in [0, 0.1) is 11.3 Å². The third-order valence-electron chi connectivity index (χ3n) is 2.04. The number of hydrogen-bond acceptors (Lipinski definition) is 3. The summed E-state index contributed by atoms with van der Waals surface area (Å²) >= 11 is 0. The molecule has 0 aliphatic rings. The molecule has 1 aromatic carbocycles. The van der Waals surface area contributed by atoms with Crippen LogP contribution in [0.1, 0.15) is 31.4 Å². The molecule has 0 saturated heterocycles. The number of aliphatic hydroxyl groups excluding tert-OH is 1. The van der Waals surface area contributed by atoms with Crippen molar-refractivity contribution in [3.63, 3.8) is 0 Å². The first-order chi connectivity index (χ1) is 7.24. The maximum absolute atomic E-state index is 9.36. The van der Waals surface area contributed by atoms with E-state index in [2.05, 4.69) is 6.07 Å². The Morgan fingerprint density at radius 1 is 1.53 bits per heavy atom. The summed E-state index contributed by atoms with van der Waals surface area (Å²) in [6.07, 6.45) is 0.763. The largest absolute Gasteiger partial charge is 0.494 e. The summed E-state index contributed by atoms with van der Waals surface area (Å²) < 4.78 is 5.44. The third-order valence-corrected chi connectivity index (χ3v) is 2.04. The summed E-state index contributed by atoms with van der Waals surface area (Å²) in [4.78, 5) is 0. The fourth-order valence-electron chi connectivity index (χ4n) is 1.21. The fourth-order valence-corrected chi connectivity index (χ4v) is 1.21. The van der Waals surface area contributed by atoms with Gasteiger partial charge in [0.05, 0.1) is 18.8 Å². The van der Waals surface area contributed by atoms with Crippen LogP contribution >= 0.6 is 0 Å². The zero-order chi connectivity index (χ0) is 11.1. The lowest BCUT2D eigenvalue weighted by Crippen LogP contribution is -1.98. The Balaban J connectivity index is 2.48. The summed E-state index contributed by atoms with van der Waals surface area (Å²) in [6, 6.07) is 9.43. The van der Waals surface area contributed by atoms with E-state index < -0.39 is 6.10 Å². The minimum atomic E-state index is -0.479. The van der Waals surface area contributed by atoms with Crippen molar-refractivity contribution in [1.82, 2.24) is 0 Å². The fraction of sp³-hybridized carbons (Fsp3) is 0.417. The quantitative estimate of drug-likeness (QED) is 0.751. The molecule has 0 saturated carbocycles. The van der Waals surface area contributed by atoms with E-state index in [9.17, 15) is 5.11 Å². The van der Waals surface area contributed by atoms with Gasteiger partial charge < -0.3 is 9.84 Å². The van der Waals surface area contributed by atoms with Crippen LogP contribution < -0.4 is 4.74 Å². The van der Waals surface area contributed by atoms with Crippen molar-refractivity contribution in [1.29, 1.82) is 5.26 Å². The van der Waals surface area contributed by atoms with E-state index >= 15 is 0 Å². The Bertz CT molecular complexity index is 342. The van der Waals surface area contributed by atoms with Crippen LogP contribution in [0.5, 0.6) is 5.75 Å². The van der Waals surface area contributed by atoms with E-state index in [1.165, 1.54) is 0 Å². The van der Waals surface area contributed by atoms with Crippen LogP contribution in [0.2, 0.25) is 0 Å². The van der Waals surface area contributed by atoms with Gasteiger partial charge in [0, 0.05) is 6.42 Å². The molecule has 3 heteroatoms. The van der Waals surface area contributed by atoms with Crippen molar-refractivity contribution < 1.29 is 9.84 Å². The average molecular weight is 205 g/mol. The number of nitriles is 1. The molecule has 1 rings (SSSR count). The van der Waals surface area contributed by atoms with Crippen LogP contribution in [-0.2, 0) is 0 Å². The molecule has 0 bridgehead atoms. The van der Waals surface area contributed by atoms with Gasteiger partial charge in [-0.3, -0.25) is 0 Å². The summed E-state index contributed by atoms with van der Waals surface area (Å²) in [6.45, 7) is 2.26. The Labute approximate surface area is 89.9 Å². The van der Waals surface area contributed by atoms with Crippen molar-refractivity contribution >= 4 is 0 Å². The minimum absolute atomic E-state index is 0.479. The van der Waals surface area contributed by atoms with Crippen molar-refractivity contribution in [2.24, 2.45) is 0 Å². The second-order valence-corrected chi connectivity index (χ2v) is 3.36. The lowest BCUT2D eigenvalue weighted by Gasteiger charge is -2.08. The number of unbranched alkanes of at least 4 members (excludes halogenated alkanes) is 1. The smallest absolute Gasteiger partial charge is 0.119 e. The molecular formula is C12H15NO2. The summed E-state index contributed by atoms with van der Waals surface area (Å²) in [7, 11) is 0. The van der Waals surface area contributed by atoms with Gasteiger partial charge in [-0.05, 0) is 31.0 Å². The molecule has 0 aromatic heterocycles. The molecule has 80 valence electrons. The van der Waals surface area contributed by atoms with Gasteiger partial charge >= 0.3 is 0 Å². The molecule has 0 radical (unpaired) electrons. The molecule has 0 aliphatic carbocycles. The van der Waals surface area contributed by atoms with Crippen molar-refractivity contribution in [3.05, 3.63) is 29.8 Å². The topological polar surface area (TPSA) is 53.2 Å². The average Bonchev–Trinajstić information content (AvgIpc) is 2.25. The highest BCUT2D eigenvalue weighted by molar-refractivity contribution is 5.29. The second kappa shape index (κ2) is 6.05. The zero-order valence-electron chi connectivity index (χ0n) is 8.81. The van der Waals surface area contributed by atoms with Crippen LogP contribution in [-0.4, -0.2) is 11.7 Å². The van der Waals surface area contributed by atoms with E-state index in [0.29, 0.717) is 13.0 Å². The molecule has 0 heterocycles. The molecule has 0 aliphatic heterocycles. The van der Waals surface area contributed by atoms with E-state index in [1.807, 2.05) is 24.3 Å². The number of hydrogen-bond donors (Lipinski definition) is 1. The van der Waals surface area contributed by atoms with Crippen molar-refractivity contribution in [3.8, 4) is 11.8 Å². The predicted molar refractivity (Wildman–Crippen MR) is 57.4 cm³/mol. The molecule has 1 N–H and O–H groups in total. The second-order valence-electron chi connectivity index (χ2n) is 3.36. The monoisotopic (exact) mass is 205 g/mol. The van der Waals surface area contributed by atoms with Gasteiger partial charge in [-0.25, -0.2) is 0 Å². The highest BCUT2D eigenvalue weighted by Crippen LogP contribution is 2.18. The molecular weight excluding hydrogens is 190 g/mol. The lowest BCUT2D eigenvalue weighted by molar-refractivity contribution is 0.198. The highest BCUT2D eigenvalue weighted by Gasteiger charge is 2.01. The maximum Gasteiger partial charge on any atom is 0.119 e. The molecule has 1 atom stereocenters. The van der Waals surface area contributed by atoms with Crippen molar-refractivity contribution in [2.45, 2.75) is 25.9 Å². The number of benzene rings is 1. The van der Waals surface area contributed by atoms with Crippen LogP contribution in [0.15, 0.2) is 24.3 Å². The molecule has 15 heavy (non-hydrogen) atoms. The SMILES string of the molecule is CC(O)c1cccc(OCCCC#N)c1. The molecule has 0 fully saturated rings. The Kier molecular flexibility index (Phi) is 4.65. The maximum atomic E-state index is 9.36. The Hall–Kier alpha value is -1.53. The van der Waals surface area contributed by atoms with E-state index in [0.717, 1.165) is 17.7 Å². The van der Waals surface area contributed by atoms with E-state index in [1.54, 1.807) is 6.92 Å². The van der Waals surface area contributed by atoms with Crippen LogP contribution in [0.3, 0.4) is 0 Å². The Morgan fingerprint density at radius 3 is 3.00 bits per heavy atom. The minimum Gasteiger partial charge on any atom is -0.494 e. The number of ether oxygens (including phenoxy) is 1. The lowest BCUT2D eigenvalue weighted by atomic mass is 10.1. The van der Waals surface area contributed by atoms with Gasteiger partial charge in [0.2, 0.25) is 0 Å². The molecule has 1 unspecified atom stereocenters. The highest BCUT2D eigenvalue weighted by atomic mass is 16.5. The first-order valence-corrected chi connectivity index (χ1v) is 5.02. The van der Waals surface area contributed by atoms with Crippen molar-refractivity contribution in [2.75, 3.05) is 6.61 Å². The van der Waals surface area contributed by atoms with Gasteiger partial charge in [-0.15, -0.1) is 0 Å². The molecule has 0 amide bonds. The van der Waals surface area contributed by atoms with E-state index in [4.69, 9.17) is 10.00 Å². The van der Waals surface area contributed by atoms with Gasteiger partial charge in [-0.2, -0.15) is 5.26 Å². The van der Waals surface area contributed by atoms with Gasteiger partial charge in [0.25, 0.3) is 0 Å². The molecule has 3 nitrogen and oxygen atoms in total. The standard InChI is InChI=1S/C12H15NO2/c1-10(14)11-5-4-6-12(9-11)15-8-3-2-7-13/h4-6,9-10,14H,2-3,8H2,1H3. The normalized spacial score (nSPS) is 11.8. The molecule has 0 spiro atoms. The van der Waals surface area contributed by atoms with Crippen LogP contribution in [0.4, 0.5) is 0 Å². The number of nitrogens with zero attached hydrogens (tertiary/aromatic N) is 1. The number of aliphatic hydroxyl groups is 1. The summed E-state index contributed by atoms with van der Waals surface area (Å²) in [5.74, 6) is 0.742. The van der Waals surface area contributed by atoms with Crippen LogP contribution in [0.25, 0.3) is 0 Å². The zero-order valence-corrected chi connectivity index (χ0v) is 8.81. The number of rotatable bonds is 5.